The highest BCUT2D eigenvalue weighted by Crippen LogP contribution is 2.27. The maximum atomic E-state index is 13.5. The van der Waals surface area contributed by atoms with E-state index in [0.717, 1.165) is 25.3 Å². The fourth-order valence-corrected chi connectivity index (χ4v) is 4.51. The Labute approximate surface area is 124 Å². The third-order valence-corrected chi connectivity index (χ3v) is 5.83. The molecule has 1 atom stereocenters. The lowest BCUT2D eigenvalue weighted by Crippen LogP contribution is -2.44. The number of benzene rings is 1. The van der Waals surface area contributed by atoms with Gasteiger partial charge in [-0.2, -0.15) is 4.31 Å². The molecule has 118 valence electrons. The minimum atomic E-state index is -3.68. The van der Waals surface area contributed by atoms with Crippen LogP contribution in [0.3, 0.4) is 0 Å². The van der Waals surface area contributed by atoms with Crippen molar-refractivity contribution in [3.05, 3.63) is 29.6 Å². The largest absolute Gasteiger partial charge is 0.396 e. The average Bonchev–Trinajstić information content (AvgIpc) is 2.48. The first-order valence-corrected chi connectivity index (χ1v) is 8.56. The van der Waals surface area contributed by atoms with Gasteiger partial charge < -0.3 is 10.8 Å². The van der Waals surface area contributed by atoms with Crippen LogP contribution in [0.25, 0.3) is 0 Å². The highest BCUT2D eigenvalue weighted by molar-refractivity contribution is 7.89. The summed E-state index contributed by atoms with van der Waals surface area (Å²) in [6, 6.07) is 3.52. The quantitative estimate of drug-likeness (QED) is 0.855. The molecule has 2 rings (SSSR count). The molecule has 1 aliphatic rings. The van der Waals surface area contributed by atoms with E-state index in [1.807, 2.05) is 0 Å². The Kier molecular flexibility index (Phi) is 5.32. The van der Waals surface area contributed by atoms with Crippen LogP contribution in [0.2, 0.25) is 0 Å². The van der Waals surface area contributed by atoms with Crippen molar-refractivity contribution in [2.45, 2.75) is 43.2 Å². The molecule has 0 aromatic heterocycles. The number of aliphatic hydroxyl groups is 1. The molecule has 1 unspecified atom stereocenters. The first-order valence-electron chi connectivity index (χ1n) is 7.12. The molecule has 1 aliphatic heterocycles. The second-order valence-electron chi connectivity index (χ2n) is 5.23. The van der Waals surface area contributed by atoms with Crippen LogP contribution < -0.4 is 5.73 Å². The van der Waals surface area contributed by atoms with E-state index in [0.29, 0.717) is 13.0 Å². The molecule has 0 saturated carbocycles. The van der Waals surface area contributed by atoms with E-state index in [2.05, 4.69) is 0 Å². The van der Waals surface area contributed by atoms with Gasteiger partial charge in [-0.3, -0.25) is 0 Å². The zero-order valence-electron chi connectivity index (χ0n) is 11.8. The second kappa shape index (κ2) is 6.83. The molecule has 0 bridgehead atoms. The van der Waals surface area contributed by atoms with E-state index in [1.165, 1.54) is 16.4 Å². The van der Waals surface area contributed by atoms with Crippen molar-refractivity contribution >= 4 is 10.0 Å². The molecule has 1 saturated heterocycles. The van der Waals surface area contributed by atoms with Gasteiger partial charge in [0.2, 0.25) is 10.0 Å². The van der Waals surface area contributed by atoms with Crippen LogP contribution in [-0.4, -0.2) is 37.0 Å². The summed E-state index contributed by atoms with van der Waals surface area (Å²) in [5.74, 6) is -0.498. The van der Waals surface area contributed by atoms with E-state index < -0.39 is 15.8 Å². The molecular formula is C14H21FN2O3S. The summed E-state index contributed by atoms with van der Waals surface area (Å²) in [5.41, 5.74) is 5.62. The number of nitrogens with two attached hydrogens (primary N) is 1. The van der Waals surface area contributed by atoms with E-state index in [-0.39, 0.29) is 29.7 Å². The summed E-state index contributed by atoms with van der Waals surface area (Å²) in [5, 5.41) is 9.10. The highest BCUT2D eigenvalue weighted by Gasteiger charge is 2.33. The smallest absolute Gasteiger partial charge is 0.243 e. The van der Waals surface area contributed by atoms with Crippen LogP contribution in [0.1, 0.15) is 31.2 Å². The molecule has 0 amide bonds. The summed E-state index contributed by atoms with van der Waals surface area (Å²) in [4.78, 5) is 0.0641. The van der Waals surface area contributed by atoms with Crippen LogP contribution in [0, 0.1) is 5.82 Å². The Morgan fingerprint density at radius 2 is 2.14 bits per heavy atom. The predicted molar refractivity (Wildman–Crippen MR) is 77.5 cm³/mol. The van der Waals surface area contributed by atoms with Crippen molar-refractivity contribution in [2.24, 2.45) is 5.73 Å². The van der Waals surface area contributed by atoms with Gasteiger partial charge in [-0.25, -0.2) is 12.8 Å². The van der Waals surface area contributed by atoms with Crippen molar-refractivity contribution < 1.29 is 17.9 Å². The molecule has 0 spiro atoms. The first kappa shape index (κ1) is 16.4. The zero-order chi connectivity index (χ0) is 15.5. The van der Waals surface area contributed by atoms with Gasteiger partial charge in [0.15, 0.2) is 0 Å². The number of hydrogen-bond acceptors (Lipinski definition) is 4. The van der Waals surface area contributed by atoms with Crippen molar-refractivity contribution in [3.63, 3.8) is 0 Å². The van der Waals surface area contributed by atoms with Gasteiger partial charge >= 0.3 is 0 Å². The Bertz CT molecular complexity index is 590. The zero-order valence-corrected chi connectivity index (χ0v) is 12.7. The lowest BCUT2D eigenvalue weighted by atomic mass is 10.0. The summed E-state index contributed by atoms with van der Waals surface area (Å²) in [6.45, 7) is 0.339. The topological polar surface area (TPSA) is 83.6 Å². The molecule has 5 nitrogen and oxygen atoms in total. The summed E-state index contributed by atoms with van der Waals surface area (Å²) in [6.07, 6.45) is 2.91. The fourth-order valence-electron chi connectivity index (χ4n) is 2.73. The van der Waals surface area contributed by atoms with Crippen molar-refractivity contribution in [3.8, 4) is 0 Å². The minimum absolute atomic E-state index is 0.0464. The molecule has 7 heteroatoms. The second-order valence-corrected chi connectivity index (χ2v) is 7.13. The monoisotopic (exact) mass is 316 g/mol. The normalized spacial score (nSPS) is 20.6. The number of aliphatic hydroxyl groups excluding tert-OH is 1. The third kappa shape index (κ3) is 3.42. The summed E-state index contributed by atoms with van der Waals surface area (Å²) in [7, 11) is -3.68. The number of hydrogen-bond donors (Lipinski definition) is 2. The average molecular weight is 316 g/mol. The van der Waals surface area contributed by atoms with Crippen LogP contribution >= 0.6 is 0 Å². The standard InChI is InChI=1S/C14H21FN2O3S/c15-14-5-4-13(9-11(14)10-16)21(19,20)17-7-2-1-3-12(17)6-8-18/h4-5,9,12,18H,1-3,6-8,10,16H2. The van der Waals surface area contributed by atoms with E-state index >= 15 is 0 Å². The number of piperidine rings is 1. The molecule has 21 heavy (non-hydrogen) atoms. The van der Waals surface area contributed by atoms with Gasteiger partial charge in [0, 0.05) is 31.3 Å². The highest BCUT2D eigenvalue weighted by atomic mass is 32.2. The summed E-state index contributed by atoms with van der Waals surface area (Å²) < 4.78 is 40.4. The number of nitrogens with zero attached hydrogens (tertiary/aromatic N) is 1. The van der Waals surface area contributed by atoms with Crippen molar-refractivity contribution in [2.75, 3.05) is 13.2 Å². The van der Waals surface area contributed by atoms with Crippen molar-refractivity contribution in [1.29, 1.82) is 0 Å². The Balaban J connectivity index is 2.35. The van der Waals surface area contributed by atoms with E-state index in [9.17, 15) is 12.8 Å². The van der Waals surface area contributed by atoms with Gasteiger partial charge in [0.25, 0.3) is 0 Å². The van der Waals surface area contributed by atoms with Gasteiger partial charge in [-0.15, -0.1) is 0 Å². The Hall–Kier alpha value is -1.02. The van der Waals surface area contributed by atoms with Crippen LogP contribution in [0.5, 0.6) is 0 Å². The number of sulfonamides is 1. The van der Waals surface area contributed by atoms with Gasteiger partial charge in [0.05, 0.1) is 4.90 Å². The minimum Gasteiger partial charge on any atom is -0.396 e. The first-order chi connectivity index (χ1) is 10.0. The lowest BCUT2D eigenvalue weighted by Gasteiger charge is -2.34. The molecule has 0 aliphatic carbocycles. The Morgan fingerprint density at radius 3 is 2.81 bits per heavy atom. The molecular weight excluding hydrogens is 295 g/mol. The number of rotatable bonds is 5. The SMILES string of the molecule is NCc1cc(S(=O)(=O)N2CCCCC2CCO)ccc1F. The fraction of sp³-hybridized carbons (Fsp3) is 0.571. The van der Waals surface area contributed by atoms with E-state index in [1.54, 1.807) is 0 Å². The summed E-state index contributed by atoms with van der Waals surface area (Å²) >= 11 is 0. The Morgan fingerprint density at radius 1 is 1.38 bits per heavy atom. The van der Waals surface area contributed by atoms with E-state index in [4.69, 9.17) is 10.8 Å². The predicted octanol–water partition coefficient (Wildman–Crippen LogP) is 1.21. The molecule has 1 aromatic carbocycles. The molecule has 1 fully saturated rings. The molecule has 3 N–H and O–H groups in total. The third-order valence-electron chi connectivity index (χ3n) is 3.88. The van der Waals surface area contributed by atoms with Crippen LogP contribution in [-0.2, 0) is 16.6 Å². The lowest BCUT2D eigenvalue weighted by molar-refractivity contribution is 0.192. The van der Waals surface area contributed by atoms with Gasteiger partial charge in [0.1, 0.15) is 5.82 Å². The molecule has 0 radical (unpaired) electrons. The van der Waals surface area contributed by atoms with Crippen molar-refractivity contribution in [1.82, 2.24) is 4.31 Å². The maximum absolute atomic E-state index is 13.5. The maximum Gasteiger partial charge on any atom is 0.243 e. The molecule has 1 heterocycles. The molecule has 1 aromatic rings. The van der Waals surface area contributed by atoms with Crippen LogP contribution in [0.15, 0.2) is 23.1 Å². The van der Waals surface area contributed by atoms with Gasteiger partial charge in [-0.1, -0.05) is 6.42 Å². The van der Waals surface area contributed by atoms with Gasteiger partial charge in [-0.05, 0) is 37.5 Å². The number of halogens is 1. The van der Waals surface area contributed by atoms with Crippen LogP contribution in [0.4, 0.5) is 4.39 Å².